The van der Waals surface area contributed by atoms with Crippen molar-refractivity contribution in [1.82, 2.24) is 4.90 Å². The first-order chi connectivity index (χ1) is 13.0. The molecule has 2 fully saturated rings. The molecule has 0 aromatic heterocycles. The van der Waals surface area contributed by atoms with Crippen LogP contribution in [0.4, 0.5) is 5.69 Å². The topological polar surface area (TPSA) is 58.6 Å². The van der Waals surface area contributed by atoms with Gasteiger partial charge in [0.15, 0.2) is 0 Å². The highest BCUT2D eigenvalue weighted by molar-refractivity contribution is 5.94. The Balaban J connectivity index is 1.53. The van der Waals surface area contributed by atoms with Crippen LogP contribution in [0.15, 0.2) is 18.2 Å². The molecule has 1 aliphatic heterocycles. The third kappa shape index (κ3) is 4.82. The second-order valence-electron chi connectivity index (χ2n) is 8.27. The molecule has 5 nitrogen and oxygen atoms in total. The van der Waals surface area contributed by atoms with Gasteiger partial charge in [0.2, 0.25) is 11.8 Å². The molecule has 1 atom stereocenters. The number of methoxy groups -OCH3 is 1. The van der Waals surface area contributed by atoms with Gasteiger partial charge in [0, 0.05) is 24.9 Å². The van der Waals surface area contributed by atoms with Crippen molar-refractivity contribution >= 4 is 17.5 Å². The van der Waals surface area contributed by atoms with Crippen molar-refractivity contribution in [2.24, 2.45) is 17.8 Å². The number of amides is 2. The van der Waals surface area contributed by atoms with Gasteiger partial charge < -0.3 is 15.0 Å². The van der Waals surface area contributed by atoms with Crippen LogP contribution in [-0.4, -0.2) is 36.9 Å². The quantitative estimate of drug-likeness (QED) is 0.869. The molecule has 1 heterocycles. The summed E-state index contributed by atoms with van der Waals surface area (Å²) in [7, 11) is 1.61. The molecule has 5 heteroatoms. The Labute approximate surface area is 162 Å². The van der Waals surface area contributed by atoms with Gasteiger partial charge in [-0.15, -0.1) is 0 Å². The van der Waals surface area contributed by atoms with Crippen LogP contribution in [0.25, 0.3) is 0 Å². The molecule has 2 aliphatic rings. The summed E-state index contributed by atoms with van der Waals surface area (Å²) < 4.78 is 5.35. The number of hydrogen-bond acceptors (Lipinski definition) is 3. The lowest BCUT2D eigenvalue weighted by molar-refractivity contribution is -0.139. The number of rotatable bonds is 4. The van der Waals surface area contributed by atoms with Gasteiger partial charge in [0.25, 0.3) is 0 Å². The summed E-state index contributed by atoms with van der Waals surface area (Å²) in [6, 6.07) is 5.77. The minimum Gasteiger partial charge on any atom is -0.495 e. The maximum absolute atomic E-state index is 12.8. The van der Waals surface area contributed by atoms with Crippen LogP contribution in [0.2, 0.25) is 0 Å². The van der Waals surface area contributed by atoms with Gasteiger partial charge >= 0.3 is 0 Å². The zero-order chi connectivity index (χ0) is 19.4. The molecule has 27 heavy (non-hydrogen) atoms. The Bertz CT molecular complexity index is 680. The largest absolute Gasteiger partial charge is 0.495 e. The summed E-state index contributed by atoms with van der Waals surface area (Å²) in [5, 5.41) is 3.03. The lowest BCUT2D eigenvalue weighted by Crippen LogP contribution is -2.43. The molecule has 1 aromatic rings. The summed E-state index contributed by atoms with van der Waals surface area (Å²) in [5.74, 6) is 1.69. The van der Waals surface area contributed by atoms with E-state index in [9.17, 15) is 9.59 Å². The molecule has 1 unspecified atom stereocenters. The van der Waals surface area contributed by atoms with Crippen molar-refractivity contribution in [3.63, 3.8) is 0 Å². The Morgan fingerprint density at radius 1 is 1.11 bits per heavy atom. The number of anilines is 1. The molecular weight excluding hydrogens is 340 g/mol. The predicted molar refractivity (Wildman–Crippen MR) is 107 cm³/mol. The third-order valence-electron chi connectivity index (χ3n) is 6.03. The summed E-state index contributed by atoms with van der Waals surface area (Å²) in [4.78, 5) is 27.6. The van der Waals surface area contributed by atoms with E-state index in [1.807, 2.05) is 25.1 Å². The number of aryl methyl sites for hydroxylation is 1. The van der Waals surface area contributed by atoms with Gasteiger partial charge in [-0.1, -0.05) is 13.0 Å². The van der Waals surface area contributed by atoms with Crippen molar-refractivity contribution < 1.29 is 14.3 Å². The fourth-order valence-electron chi connectivity index (χ4n) is 4.40. The highest BCUT2D eigenvalue weighted by atomic mass is 16.5. The molecule has 1 aromatic carbocycles. The van der Waals surface area contributed by atoms with E-state index in [0.717, 1.165) is 56.4 Å². The SMILES string of the molecule is COc1ccc(C)cc1NC(=O)C1CCC(C(=O)N2CCCC(C)C2)CC1. The van der Waals surface area contributed by atoms with Gasteiger partial charge in [0.05, 0.1) is 12.8 Å². The number of carbonyl (C=O) groups excluding carboxylic acids is 2. The summed E-state index contributed by atoms with van der Waals surface area (Å²) >= 11 is 0. The van der Waals surface area contributed by atoms with E-state index in [4.69, 9.17) is 4.74 Å². The minimum absolute atomic E-state index is 0.0282. The molecule has 1 N–H and O–H groups in total. The number of nitrogens with one attached hydrogen (secondary N) is 1. The van der Waals surface area contributed by atoms with Crippen LogP contribution in [0.3, 0.4) is 0 Å². The second-order valence-corrected chi connectivity index (χ2v) is 8.27. The van der Waals surface area contributed by atoms with Gasteiger partial charge in [-0.05, 0) is 69.1 Å². The molecule has 0 radical (unpaired) electrons. The minimum atomic E-state index is -0.0282. The lowest BCUT2D eigenvalue weighted by Gasteiger charge is -2.35. The summed E-state index contributed by atoms with van der Waals surface area (Å²) in [6.45, 7) is 6.01. The van der Waals surface area contributed by atoms with Gasteiger partial charge in [-0.2, -0.15) is 0 Å². The predicted octanol–water partition coefficient (Wildman–Crippen LogP) is 4.01. The first-order valence-corrected chi connectivity index (χ1v) is 10.2. The van der Waals surface area contributed by atoms with Crippen LogP contribution in [-0.2, 0) is 9.59 Å². The molecule has 0 spiro atoms. The Kier molecular flexibility index (Phi) is 6.40. The van der Waals surface area contributed by atoms with E-state index in [1.165, 1.54) is 6.42 Å². The fourth-order valence-corrected chi connectivity index (χ4v) is 4.40. The second kappa shape index (κ2) is 8.77. The molecule has 3 rings (SSSR count). The molecule has 1 saturated carbocycles. The number of ether oxygens (including phenoxy) is 1. The first-order valence-electron chi connectivity index (χ1n) is 10.2. The first kappa shape index (κ1) is 19.7. The smallest absolute Gasteiger partial charge is 0.227 e. The molecular formula is C22H32N2O3. The standard InChI is InChI=1S/C22H32N2O3/c1-15-6-11-20(27-3)19(13-15)23-21(25)17-7-9-18(10-8-17)22(26)24-12-4-5-16(2)14-24/h6,11,13,16-18H,4-5,7-10,12,14H2,1-3H3,(H,23,25). The van der Waals surface area contributed by atoms with Crippen molar-refractivity contribution in [2.75, 3.05) is 25.5 Å². The average Bonchev–Trinajstić information content (AvgIpc) is 2.67. The number of nitrogens with zero attached hydrogens (tertiary/aromatic N) is 1. The zero-order valence-electron chi connectivity index (χ0n) is 16.8. The Morgan fingerprint density at radius 2 is 1.81 bits per heavy atom. The monoisotopic (exact) mass is 372 g/mol. The van der Waals surface area contributed by atoms with Crippen molar-refractivity contribution in [2.45, 2.75) is 52.4 Å². The van der Waals surface area contributed by atoms with E-state index in [2.05, 4.69) is 17.1 Å². The Hall–Kier alpha value is -2.04. The van der Waals surface area contributed by atoms with Gasteiger partial charge in [-0.3, -0.25) is 9.59 Å². The molecule has 1 aliphatic carbocycles. The normalized spacial score (nSPS) is 25.7. The van der Waals surface area contributed by atoms with Gasteiger partial charge in [0.1, 0.15) is 5.75 Å². The van der Waals surface area contributed by atoms with E-state index in [0.29, 0.717) is 17.6 Å². The number of likely N-dealkylation sites (tertiary alicyclic amines) is 1. The van der Waals surface area contributed by atoms with E-state index >= 15 is 0 Å². The summed E-state index contributed by atoms with van der Waals surface area (Å²) in [6.07, 6.45) is 5.52. The van der Waals surface area contributed by atoms with Crippen molar-refractivity contribution in [1.29, 1.82) is 0 Å². The van der Waals surface area contributed by atoms with Crippen LogP contribution in [0.5, 0.6) is 5.75 Å². The number of benzene rings is 1. The number of piperidine rings is 1. The van der Waals surface area contributed by atoms with E-state index in [1.54, 1.807) is 7.11 Å². The average molecular weight is 373 g/mol. The van der Waals surface area contributed by atoms with Crippen molar-refractivity contribution in [3.8, 4) is 5.75 Å². The third-order valence-corrected chi connectivity index (χ3v) is 6.03. The lowest BCUT2D eigenvalue weighted by atomic mass is 9.80. The van der Waals surface area contributed by atoms with E-state index < -0.39 is 0 Å². The molecule has 148 valence electrons. The van der Waals surface area contributed by atoms with Crippen molar-refractivity contribution in [3.05, 3.63) is 23.8 Å². The Morgan fingerprint density at radius 3 is 2.48 bits per heavy atom. The van der Waals surface area contributed by atoms with E-state index in [-0.39, 0.29) is 17.7 Å². The number of hydrogen-bond donors (Lipinski definition) is 1. The number of carbonyl (C=O) groups is 2. The molecule has 2 amide bonds. The van der Waals surface area contributed by atoms with Crippen LogP contribution in [0, 0.1) is 24.7 Å². The highest BCUT2D eigenvalue weighted by Gasteiger charge is 2.33. The molecule has 0 bridgehead atoms. The zero-order valence-corrected chi connectivity index (χ0v) is 16.8. The van der Waals surface area contributed by atoms with Crippen LogP contribution >= 0.6 is 0 Å². The van der Waals surface area contributed by atoms with Crippen LogP contribution < -0.4 is 10.1 Å². The fraction of sp³-hybridized carbons (Fsp3) is 0.636. The maximum Gasteiger partial charge on any atom is 0.227 e. The maximum atomic E-state index is 12.8. The van der Waals surface area contributed by atoms with Gasteiger partial charge in [-0.25, -0.2) is 0 Å². The van der Waals surface area contributed by atoms with Crippen LogP contribution in [0.1, 0.15) is 51.0 Å². The highest BCUT2D eigenvalue weighted by Crippen LogP contribution is 2.33. The summed E-state index contributed by atoms with van der Waals surface area (Å²) in [5.41, 5.74) is 1.80. The molecule has 1 saturated heterocycles.